The van der Waals surface area contributed by atoms with Crippen LogP contribution in [0.15, 0.2) is 94.4 Å². The van der Waals surface area contributed by atoms with Crippen molar-refractivity contribution in [3.8, 4) is 17.1 Å². The molecule has 3 N–H and O–H groups in total. The highest BCUT2D eigenvalue weighted by atomic mass is 35.5. The van der Waals surface area contributed by atoms with E-state index in [2.05, 4.69) is 15.8 Å². The summed E-state index contributed by atoms with van der Waals surface area (Å²) in [5.74, 6) is -0.962. The number of hydrogen-bond donors (Lipinski definition) is 3. The second-order valence-corrected chi connectivity index (χ2v) is 9.75. The van der Waals surface area contributed by atoms with Gasteiger partial charge in [-0.25, -0.2) is 10.2 Å². The van der Waals surface area contributed by atoms with E-state index in [1.54, 1.807) is 43.3 Å². The first-order chi connectivity index (χ1) is 19.7. The number of carboxylic acid groups (broad SMARTS) is 1. The summed E-state index contributed by atoms with van der Waals surface area (Å²) in [7, 11) is 0. The number of nitrogens with one attached hydrogen (secondary N) is 2. The lowest BCUT2D eigenvalue weighted by molar-refractivity contribution is -0.132. The van der Waals surface area contributed by atoms with Crippen molar-refractivity contribution in [1.82, 2.24) is 10.7 Å². The second kappa shape index (κ2) is 13.6. The number of hydrogen-bond acceptors (Lipinski definition) is 6. The molecule has 0 spiro atoms. The average molecular weight is 594 g/mol. The third-order valence-electron chi connectivity index (χ3n) is 5.89. The normalized spacial score (nSPS) is 12.5. The Kier molecular flexibility index (Phi) is 9.78. The number of aromatic carboxylic acids is 1. The van der Waals surface area contributed by atoms with Gasteiger partial charge in [-0.05, 0) is 55.0 Å². The lowest BCUT2D eigenvalue weighted by Crippen LogP contribution is -2.50. The molecule has 2 amide bonds. The Bertz CT molecular complexity index is 1550. The van der Waals surface area contributed by atoms with Crippen LogP contribution in [-0.2, 0) is 16.0 Å². The summed E-state index contributed by atoms with van der Waals surface area (Å²) in [6, 6.07) is 22.5. The molecule has 1 aromatic heterocycles. The number of nitrogens with zero attached hydrogens (tertiary/aromatic N) is 1. The molecule has 0 bridgehead atoms. The van der Waals surface area contributed by atoms with Crippen molar-refractivity contribution in [1.29, 1.82) is 0 Å². The van der Waals surface area contributed by atoms with Crippen LogP contribution in [0.1, 0.15) is 28.6 Å². The molecule has 0 aliphatic heterocycles. The minimum absolute atomic E-state index is 0.164. The van der Waals surface area contributed by atoms with Crippen LogP contribution in [0.5, 0.6) is 5.75 Å². The molecule has 41 heavy (non-hydrogen) atoms. The Morgan fingerprint density at radius 3 is 2.39 bits per heavy atom. The van der Waals surface area contributed by atoms with Gasteiger partial charge < -0.3 is 19.6 Å². The summed E-state index contributed by atoms with van der Waals surface area (Å²) >= 11 is 12.1. The molecule has 3 aromatic carbocycles. The van der Waals surface area contributed by atoms with E-state index in [1.165, 1.54) is 24.4 Å². The molecule has 11 heteroatoms. The SMILES string of the molecule is C[C@H](Oc1ccc(Cl)cc1Cl)C(=O)N[C@H](Cc1ccccc1)C(=O)N/N=C\c1ccc(-c2ccc(C(=O)O)cc2)o1. The van der Waals surface area contributed by atoms with Crippen LogP contribution in [-0.4, -0.2) is 41.3 Å². The van der Waals surface area contributed by atoms with E-state index in [1.807, 2.05) is 30.3 Å². The predicted molar refractivity (Wildman–Crippen MR) is 155 cm³/mol. The summed E-state index contributed by atoms with van der Waals surface area (Å²) in [4.78, 5) is 37.1. The first kappa shape index (κ1) is 29.4. The van der Waals surface area contributed by atoms with Gasteiger partial charge in [-0.2, -0.15) is 5.10 Å². The zero-order valence-electron chi connectivity index (χ0n) is 21.7. The fraction of sp³-hybridized carbons (Fsp3) is 0.133. The Morgan fingerprint density at radius 2 is 1.71 bits per heavy atom. The molecule has 210 valence electrons. The summed E-state index contributed by atoms with van der Waals surface area (Å²) in [5.41, 5.74) is 4.12. The van der Waals surface area contributed by atoms with Crippen LogP contribution in [0.4, 0.5) is 0 Å². The van der Waals surface area contributed by atoms with Gasteiger partial charge in [-0.15, -0.1) is 0 Å². The van der Waals surface area contributed by atoms with Crippen LogP contribution in [0, 0.1) is 0 Å². The first-order valence-corrected chi connectivity index (χ1v) is 13.2. The van der Waals surface area contributed by atoms with Crippen molar-refractivity contribution in [2.45, 2.75) is 25.5 Å². The Balaban J connectivity index is 1.41. The zero-order valence-corrected chi connectivity index (χ0v) is 23.2. The second-order valence-electron chi connectivity index (χ2n) is 8.90. The maximum atomic E-state index is 13.1. The number of furan rings is 1. The van der Waals surface area contributed by atoms with Gasteiger partial charge in [0.25, 0.3) is 11.8 Å². The lowest BCUT2D eigenvalue weighted by Gasteiger charge is -2.21. The summed E-state index contributed by atoms with van der Waals surface area (Å²) < 4.78 is 11.4. The van der Waals surface area contributed by atoms with Gasteiger partial charge in [0.2, 0.25) is 0 Å². The third-order valence-corrected chi connectivity index (χ3v) is 6.42. The van der Waals surface area contributed by atoms with E-state index in [9.17, 15) is 14.4 Å². The molecule has 0 radical (unpaired) electrons. The Labute approximate surface area is 245 Å². The van der Waals surface area contributed by atoms with Crippen LogP contribution in [0.25, 0.3) is 11.3 Å². The first-order valence-electron chi connectivity index (χ1n) is 12.4. The number of amides is 2. The number of benzene rings is 3. The molecule has 0 fully saturated rings. The molecule has 9 nitrogen and oxygen atoms in total. The van der Waals surface area contributed by atoms with Gasteiger partial charge in [0.1, 0.15) is 23.3 Å². The van der Waals surface area contributed by atoms with Crippen LogP contribution < -0.4 is 15.5 Å². The molecule has 4 rings (SSSR count). The quantitative estimate of drug-likeness (QED) is 0.153. The van der Waals surface area contributed by atoms with Gasteiger partial charge >= 0.3 is 5.97 Å². The highest BCUT2D eigenvalue weighted by molar-refractivity contribution is 6.35. The molecule has 0 saturated carbocycles. The van der Waals surface area contributed by atoms with E-state index in [0.29, 0.717) is 22.1 Å². The maximum absolute atomic E-state index is 13.1. The van der Waals surface area contributed by atoms with Gasteiger partial charge in [0.15, 0.2) is 6.10 Å². The fourth-order valence-corrected chi connectivity index (χ4v) is 4.21. The fourth-order valence-electron chi connectivity index (χ4n) is 3.75. The smallest absolute Gasteiger partial charge is 0.335 e. The summed E-state index contributed by atoms with van der Waals surface area (Å²) in [6.45, 7) is 1.54. The third kappa shape index (κ3) is 8.20. The molecular formula is C30H25Cl2N3O6. The lowest BCUT2D eigenvalue weighted by atomic mass is 10.1. The Hall–Kier alpha value is -4.60. The summed E-state index contributed by atoms with van der Waals surface area (Å²) in [5, 5.41) is 16.4. The number of carbonyl (C=O) groups excluding carboxylic acids is 2. The van der Waals surface area contributed by atoms with Gasteiger partial charge in [-0.1, -0.05) is 65.7 Å². The molecular weight excluding hydrogens is 569 g/mol. The van der Waals surface area contributed by atoms with E-state index in [4.69, 9.17) is 37.5 Å². The van der Waals surface area contributed by atoms with Crippen LogP contribution >= 0.6 is 23.2 Å². The molecule has 4 aromatic rings. The predicted octanol–water partition coefficient (Wildman–Crippen LogP) is 5.60. The number of carboxylic acids is 1. The standard InChI is InChI=1S/C30H25Cl2N3O6/c1-18(40-27-13-11-22(31)16-24(27)32)28(36)34-25(15-19-5-3-2-4-6-19)29(37)35-33-17-23-12-14-26(41-23)20-7-9-21(10-8-20)30(38)39/h2-14,16-18,25H,15H2,1H3,(H,34,36)(H,35,37)(H,38,39)/b33-17-/t18-,25+/m0/s1. The van der Waals surface area contributed by atoms with Crippen LogP contribution in [0.2, 0.25) is 10.0 Å². The average Bonchev–Trinajstić information content (AvgIpc) is 3.43. The maximum Gasteiger partial charge on any atom is 0.335 e. The van der Waals surface area contributed by atoms with E-state index >= 15 is 0 Å². The molecule has 0 unspecified atom stereocenters. The number of carbonyl (C=O) groups is 3. The van der Waals surface area contributed by atoms with Crippen molar-refractivity contribution < 1.29 is 28.6 Å². The molecule has 1 heterocycles. The summed E-state index contributed by atoms with van der Waals surface area (Å²) in [6.07, 6.45) is 0.566. The minimum atomic E-state index is -1.02. The van der Waals surface area contributed by atoms with Gasteiger partial charge in [0.05, 0.1) is 16.8 Å². The van der Waals surface area contributed by atoms with Crippen molar-refractivity contribution >= 4 is 47.2 Å². The van der Waals surface area contributed by atoms with Crippen LogP contribution in [0.3, 0.4) is 0 Å². The van der Waals surface area contributed by atoms with E-state index in [0.717, 1.165) is 5.56 Å². The molecule has 2 atom stereocenters. The number of rotatable bonds is 11. The van der Waals surface area contributed by atoms with Crippen molar-refractivity contribution in [3.63, 3.8) is 0 Å². The number of hydrazone groups is 1. The van der Waals surface area contributed by atoms with Gasteiger partial charge in [-0.3, -0.25) is 9.59 Å². The number of ether oxygens (including phenoxy) is 1. The van der Waals surface area contributed by atoms with Crippen molar-refractivity contribution in [2.75, 3.05) is 0 Å². The largest absolute Gasteiger partial charge is 0.479 e. The minimum Gasteiger partial charge on any atom is -0.479 e. The Morgan fingerprint density at radius 1 is 0.976 bits per heavy atom. The van der Waals surface area contributed by atoms with Gasteiger partial charge in [0, 0.05) is 17.0 Å². The highest BCUT2D eigenvalue weighted by Gasteiger charge is 2.25. The molecule has 0 aliphatic carbocycles. The molecule has 0 aliphatic rings. The monoisotopic (exact) mass is 593 g/mol. The van der Waals surface area contributed by atoms with E-state index in [-0.39, 0.29) is 22.8 Å². The topological polar surface area (TPSA) is 130 Å². The highest BCUT2D eigenvalue weighted by Crippen LogP contribution is 2.28. The van der Waals surface area contributed by atoms with Crippen molar-refractivity contribution in [2.24, 2.45) is 5.10 Å². The molecule has 0 saturated heterocycles. The van der Waals surface area contributed by atoms with Crippen molar-refractivity contribution in [3.05, 3.63) is 112 Å². The van der Waals surface area contributed by atoms with E-state index < -0.39 is 29.9 Å². The zero-order chi connectivity index (χ0) is 29.4. The number of halogens is 2.